The fourth-order valence-electron chi connectivity index (χ4n) is 2.96. The van der Waals surface area contributed by atoms with Crippen molar-refractivity contribution in [1.29, 1.82) is 0 Å². The number of likely N-dealkylation sites (tertiary alicyclic amines) is 1. The number of hydrogen-bond acceptors (Lipinski definition) is 2. The van der Waals surface area contributed by atoms with Gasteiger partial charge in [0.2, 0.25) is 0 Å². The Morgan fingerprint density at radius 3 is 2.89 bits per heavy atom. The topological polar surface area (TPSA) is 29.3 Å². The molecule has 1 aromatic carbocycles. The number of piperidine rings is 1. The molecule has 4 heteroatoms. The van der Waals surface area contributed by atoms with Gasteiger partial charge in [0, 0.05) is 18.7 Å². The van der Waals surface area contributed by atoms with Gasteiger partial charge < -0.3 is 5.73 Å². The Balaban J connectivity index is 2.21. The van der Waals surface area contributed by atoms with Gasteiger partial charge in [0.25, 0.3) is 0 Å². The van der Waals surface area contributed by atoms with E-state index in [0.717, 1.165) is 32.0 Å². The summed E-state index contributed by atoms with van der Waals surface area (Å²) in [5.74, 6) is -0.906. The van der Waals surface area contributed by atoms with Crippen molar-refractivity contribution in [3.05, 3.63) is 35.4 Å². The minimum atomic E-state index is -0.792. The summed E-state index contributed by atoms with van der Waals surface area (Å²) in [5, 5.41) is 0. The molecule has 0 bridgehead atoms. The molecule has 19 heavy (non-hydrogen) atoms. The van der Waals surface area contributed by atoms with Crippen molar-refractivity contribution in [3.8, 4) is 0 Å². The first-order valence-corrected chi connectivity index (χ1v) is 7.05. The second-order valence-electron chi connectivity index (χ2n) is 5.31. The predicted molar refractivity (Wildman–Crippen MR) is 72.7 cm³/mol. The molecule has 0 amide bonds. The Labute approximate surface area is 113 Å². The standard InChI is InChI=1S/C15H22F2N2/c1-2-11-5-4-8-19(10-11)14(9-18)12-6-3-7-13(16)15(12)17/h3,6-7,11,14H,2,4-5,8-10,18H2,1H3. The summed E-state index contributed by atoms with van der Waals surface area (Å²) >= 11 is 0. The van der Waals surface area contributed by atoms with Crippen LogP contribution in [-0.2, 0) is 0 Å². The molecule has 0 aromatic heterocycles. The van der Waals surface area contributed by atoms with Gasteiger partial charge in [-0.15, -0.1) is 0 Å². The van der Waals surface area contributed by atoms with Crippen molar-refractivity contribution in [2.24, 2.45) is 11.7 Å². The molecule has 1 saturated heterocycles. The third kappa shape index (κ3) is 3.12. The summed E-state index contributed by atoms with van der Waals surface area (Å²) < 4.78 is 27.3. The molecule has 1 aliphatic heterocycles. The van der Waals surface area contributed by atoms with Gasteiger partial charge in [-0.2, -0.15) is 0 Å². The van der Waals surface area contributed by atoms with Crippen LogP contribution < -0.4 is 5.73 Å². The maximum Gasteiger partial charge on any atom is 0.163 e. The van der Waals surface area contributed by atoms with Crippen LogP contribution in [0.2, 0.25) is 0 Å². The molecular weight excluding hydrogens is 246 g/mol. The highest BCUT2D eigenvalue weighted by Gasteiger charge is 2.27. The van der Waals surface area contributed by atoms with Gasteiger partial charge in [0.1, 0.15) is 0 Å². The summed E-state index contributed by atoms with van der Waals surface area (Å²) in [6.07, 6.45) is 3.45. The minimum Gasteiger partial charge on any atom is -0.329 e. The molecule has 2 rings (SSSR count). The largest absolute Gasteiger partial charge is 0.329 e. The van der Waals surface area contributed by atoms with Crippen molar-refractivity contribution < 1.29 is 8.78 Å². The van der Waals surface area contributed by atoms with Crippen LogP contribution in [0.15, 0.2) is 18.2 Å². The van der Waals surface area contributed by atoms with Crippen LogP contribution in [0.1, 0.15) is 37.8 Å². The molecule has 1 heterocycles. The maximum atomic E-state index is 13.9. The van der Waals surface area contributed by atoms with Gasteiger partial charge >= 0.3 is 0 Å². The highest BCUT2D eigenvalue weighted by Crippen LogP contribution is 2.29. The Bertz CT molecular complexity index is 423. The van der Waals surface area contributed by atoms with Gasteiger partial charge in [-0.05, 0) is 31.4 Å². The average molecular weight is 268 g/mol. The van der Waals surface area contributed by atoms with Crippen molar-refractivity contribution in [3.63, 3.8) is 0 Å². The molecule has 0 radical (unpaired) electrons. The lowest BCUT2D eigenvalue weighted by Crippen LogP contribution is -2.41. The predicted octanol–water partition coefficient (Wildman–Crippen LogP) is 3.09. The second-order valence-corrected chi connectivity index (χ2v) is 5.31. The van der Waals surface area contributed by atoms with Gasteiger partial charge in [-0.1, -0.05) is 25.5 Å². The Hall–Kier alpha value is -1.00. The number of rotatable bonds is 4. The smallest absolute Gasteiger partial charge is 0.163 e. The summed E-state index contributed by atoms with van der Waals surface area (Å²) in [7, 11) is 0. The van der Waals surface area contributed by atoms with E-state index >= 15 is 0 Å². The molecule has 0 saturated carbocycles. The SMILES string of the molecule is CCC1CCCN(C(CN)c2cccc(F)c2F)C1. The molecule has 2 nitrogen and oxygen atoms in total. The Morgan fingerprint density at radius 1 is 1.42 bits per heavy atom. The fraction of sp³-hybridized carbons (Fsp3) is 0.600. The monoisotopic (exact) mass is 268 g/mol. The Morgan fingerprint density at radius 2 is 2.21 bits per heavy atom. The number of benzene rings is 1. The molecule has 106 valence electrons. The van der Waals surface area contributed by atoms with Gasteiger partial charge in [0.15, 0.2) is 11.6 Å². The van der Waals surface area contributed by atoms with Gasteiger partial charge in [0.05, 0.1) is 6.04 Å². The zero-order valence-electron chi connectivity index (χ0n) is 11.4. The summed E-state index contributed by atoms with van der Waals surface area (Å²) in [6.45, 7) is 4.33. The highest BCUT2D eigenvalue weighted by molar-refractivity contribution is 5.23. The van der Waals surface area contributed by atoms with Gasteiger partial charge in [-0.25, -0.2) is 8.78 Å². The molecule has 1 fully saturated rings. The molecule has 2 unspecified atom stereocenters. The molecule has 0 aliphatic carbocycles. The molecule has 2 atom stereocenters. The third-order valence-electron chi connectivity index (χ3n) is 4.13. The van der Waals surface area contributed by atoms with E-state index in [4.69, 9.17) is 5.73 Å². The first kappa shape index (κ1) is 14.4. The zero-order valence-corrected chi connectivity index (χ0v) is 11.4. The van der Waals surface area contributed by atoms with E-state index in [0.29, 0.717) is 18.0 Å². The van der Waals surface area contributed by atoms with Gasteiger partial charge in [-0.3, -0.25) is 4.90 Å². The maximum absolute atomic E-state index is 13.9. The van der Waals surface area contributed by atoms with Crippen LogP contribution >= 0.6 is 0 Å². The lowest BCUT2D eigenvalue weighted by atomic mass is 9.93. The van der Waals surface area contributed by atoms with E-state index in [1.807, 2.05) is 0 Å². The Kier molecular flexibility index (Phi) is 4.88. The van der Waals surface area contributed by atoms with Crippen molar-refractivity contribution in [1.82, 2.24) is 4.90 Å². The van der Waals surface area contributed by atoms with Crippen LogP contribution in [0.25, 0.3) is 0 Å². The van der Waals surface area contributed by atoms with Crippen LogP contribution in [0.3, 0.4) is 0 Å². The molecule has 0 spiro atoms. The zero-order chi connectivity index (χ0) is 13.8. The van der Waals surface area contributed by atoms with Crippen LogP contribution in [0.5, 0.6) is 0 Å². The van der Waals surface area contributed by atoms with E-state index in [1.165, 1.54) is 6.42 Å². The quantitative estimate of drug-likeness (QED) is 0.909. The summed E-state index contributed by atoms with van der Waals surface area (Å²) in [6, 6.07) is 4.13. The first-order valence-electron chi connectivity index (χ1n) is 7.05. The summed E-state index contributed by atoms with van der Waals surface area (Å²) in [5.41, 5.74) is 6.20. The first-order chi connectivity index (χ1) is 9.17. The van der Waals surface area contributed by atoms with Crippen molar-refractivity contribution in [2.75, 3.05) is 19.6 Å². The third-order valence-corrected chi connectivity index (χ3v) is 4.13. The molecular formula is C15H22F2N2. The lowest BCUT2D eigenvalue weighted by molar-refractivity contribution is 0.121. The molecule has 1 aliphatic rings. The number of halogens is 2. The van der Waals surface area contributed by atoms with E-state index in [-0.39, 0.29) is 6.04 Å². The number of nitrogens with two attached hydrogens (primary N) is 1. The van der Waals surface area contributed by atoms with E-state index < -0.39 is 11.6 Å². The van der Waals surface area contributed by atoms with Crippen LogP contribution in [0.4, 0.5) is 8.78 Å². The minimum absolute atomic E-state index is 0.218. The van der Waals surface area contributed by atoms with Crippen LogP contribution in [-0.4, -0.2) is 24.5 Å². The second kappa shape index (κ2) is 6.44. The number of hydrogen-bond donors (Lipinski definition) is 1. The van der Waals surface area contributed by atoms with Crippen molar-refractivity contribution >= 4 is 0 Å². The molecule has 2 N–H and O–H groups in total. The number of nitrogens with zero attached hydrogens (tertiary/aromatic N) is 1. The fourth-order valence-corrected chi connectivity index (χ4v) is 2.96. The van der Waals surface area contributed by atoms with E-state index in [9.17, 15) is 8.78 Å². The summed E-state index contributed by atoms with van der Waals surface area (Å²) in [4.78, 5) is 2.20. The lowest BCUT2D eigenvalue weighted by Gasteiger charge is -2.38. The van der Waals surface area contributed by atoms with Crippen molar-refractivity contribution in [2.45, 2.75) is 32.2 Å². The average Bonchev–Trinajstić information content (AvgIpc) is 2.44. The normalized spacial score (nSPS) is 22.4. The molecule has 1 aromatic rings. The van der Waals surface area contributed by atoms with E-state index in [2.05, 4.69) is 11.8 Å². The highest BCUT2D eigenvalue weighted by atomic mass is 19.2. The van der Waals surface area contributed by atoms with E-state index in [1.54, 1.807) is 12.1 Å². The van der Waals surface area contributed by atoms with Crippen LogP contribution in [0, 0.1) is 17.6 Å².